The number of anilines is 2. The van der Waals surface area contributed by atoms with Gasteiger partial charge in [0.05, 0.1) is 28.7 Å². The van der Waals surface area contributed by atoms with Gasteiger partial charge >= 0.3 is 5.97 Å². The van der Waals surface area contributed by atoms with Crippen molar-refractivity contribution in [3.05, 3.63) is 53.1 Å². The van der Waals surface area contributed by atoms with Crippen molar-refractivity contribution in [2.45, 2.75) is 50.3 Å². The zero-order valence-electron chi connectivity index (χ0n) is 17.7. The van der Waals surface area contributed by atoms with Crippen LogP contribution in [0.1, 0.15) is 60.5 Å². The Kier molecular flexibility index (Phi) is 5.75. The molecule has 2 aliphatic rings. The second-order valence-electron chi connectivity index (χ2n) is 8.01. The van der Waals surface area contributed by atoms with Crippen molar-refractivity contribution in [2.75, 3.05) is 22.8 Å². The van der Waals surface area contributed by atoms with Gasteiger partial charge in [-0.3, -0.25) is 9.52 Å². The smallest absolute Gasteiger partial charge is 0.338 e. The summed E-state index contributed by atoms with van der Waals surface area (Å²) < 4.78 is 33.8. The summed E-state index contributed by atoms with van der Waals surface area (Å²) in [7, 11) is -3.85. The number of ether oxygens (including phenoxy) is 1. The summed E-state index contributed by atoms with van der Waals surface area (Å²) in [6.07, 6.45) is 3.30. The maximum Gasteiger partial charge on any atom is 0.338 e. The van der Waals surface area contributed by atoms with Gasteiger partial charge in [0, 0.05) is 12.2 Å². The first-order chi connectivity index (χ1) is 14.8. The Morgan fingerprint density at radius 1 is 1.23 bits per heavy atom. The van der Waals surface area contributed by atoms with Gasteiger partial charge in [0.1, 0.15) is 0 Å². The SMILES string of the molecule is CCCCOC(=O)c1ccc(NS(=O)(=O)c2cc3c4c(c2)[C@H](C)C(=O)N4CCC3)cc1. The molecule has 0 spiro atoms. The predicted molar refractivity (Wildman–Crippen MR) is 118 cm³/mol. The molecule has 164 valence electrons. The number of carbonyl (C=O) groups is 2. The number of aryl methyl sites for hydroxylation is 1. The van der Waals surface area contributed by atoms with Crippen LogP contribution in [0, 0.1) is 0 Å². The van der Waals surface area contributed by atoms with Gasteiger partial charge in [-0.25, -0.2) is 13.2 Å². The van der Waals surface area contributed by atoms with Gasteiger partial charge in [0.25, 0.3) is 10.0 Å². The molecular formula is C23H26N2O5S. The Labute approximate surface area is 182 Å². The van der Waals surface area contributed by atoms with Crippen LogP contribution in [0.25, 0.3) is 0 Å². The molecule has 0 bridgehead atoms. The molecule has 4 rings (SSSR count). The van der Waals surface area contributed by atoms with E-state index in [0.29, 0.717) is 24.4 Å². The maximum atomic E-state index is 13.0. The first kappa shape index (κ1) is 21.4. The summed E-state index contributed by atoms with van der Waals surface area (Å²) in [4.78, 5) is 26.5. The molecule has 0 unspecified atom stereocenters. The van der Waals surface area contributed by atoms with E-state index in [4.69, 9.17) is 4.74 Å². The summed E-state index contributed by atoms with van der Waals surface area (Å²) in [6.45, 7) is 4.88. The lowest BCUT2D eigenvalue weighted by Crippen LogP contribution is -2.32. The monoisotopic (exact) mass is 442 g/mol. The number of rotatable bonds is 7. The van der Waals surface area contributed by atoms with Crippen LogP contribution in [0.5, 0.6) is 0 Å². The summed E-state index contributed by atoms with van der Waals surface area (Å²) in [5.74, 6) is -0.747. The fourth-order valence-electron chi connectivity index (χ4n) is 4.10. The number of carbonyl (C=O) groups excluding carboxylic acids is 2. The number of benzene rings is 2. The number of amides is 1. The average Bonchev–Trinajstić information content (AvgIpc) is 3.00. The zero-order chi connectivity index (χ0) is 22.2. The third-order valence-electron chi connectivity index (χ3n) is 5.81. The molecular weight excluding hydrogens is 416 g/mol. The van der Waals surface area contributed by atoms with E-state index in [9.17, 15) is 18.0 Å². The van der Waals surface area contributed by atoms with Crippen LogP contribution >= 0.6 is 0 Å². The number of nitrogens with one attached hydrogen (secondary N) is 1. The highest BCUT2D eigenvalue weighted by atomic mass is 32.2. The van der Waals surface area contributed by atoms with Gasteiger partial charge < -0.3 is 9.64 Å². The first-order valence-electron chi connectivity index (χ1n) is 10.6. The lowest BCUT2D eigenvalue weighted by Gasteiger charge is -2.26. The Hall–Kier alpha value is -2.87. The zero-order valence-corrected chi connectivity index (χ0v) is 18.5. The molecule has 7 nitrogen and oxygen atoms in total. The molecule has 2 aromatic rings. The largest absolute Gasteiger partial charge is 0.462 e. The van der Waals surface area contributed by atoms with Crippen molar-refractivity contribution in [3.63, 3.8) is 0 Å². The Bertz CT molecular complexity index is 1130. The lowest BCUT2D eigenvalue weighted by molar-refractivity contribution is -0.119. The standard InChI is InChI=1S/C23H26N2O5S/c1-3-4-12-30-23(27)16-7-9-18(10-8-16)24-31(28,29)19-13-17-6-5-11-25-21(17)20(14-19)15(2)22(25)26/h7-10,13-15,24H,3-6,11-12H2,1-2H3/t15-/m0/s1. The third kappa shape index (κ3) is 4.04. The molecule has 1 amide bonds. The summed E-state index contributed by atoms with van der Waals surface area (Å²) in [5, 5.41) is 0. The highest BCUT2D eigenvalue weighted by molar-refractivity contribution is 7.92. The fraction of sp³-hybridized carbons (Fsp3) is 0.391. The molecule has 0 saturated carbocycles. The van der Waals surface area contributed by atoms with E-state index in [1.54, 1.807) is 29.2 Å². The van der Waals surface area contributed by atoms with E-state index in [1.807, 2.05) is 13.8 Å². The van der Waals surface area contributed by atoms with Gasteiger partial charge in [0.15, 0.2) is 0 Å². The van der Waals surface area contributed by atoms with Crippen LogP contribution in [0.15, 0.2) is 41.3 Å². The Morgan fingerprint density at radius 2 is 1.97 bits per heavy atom. The summed E-state index contributed by atoms with van der Waals surface area (Å²) in [5.41, 5.74) is 3.27. The van der Waals surface area contributed by atoms with E-state index in [2.05, 4.69) is 4.72 Å². The van der Waals surface area contributed by atoms with Crippen LogP contribution in [0.2, 0.25) is 0 Å². The predicted octanol–water partition coefficient (Wildman–Crippen LogP) is 3.84. The van der Waals surface area contributed by atoms with Gasteiger partial charge in [-0.05, 0) is 73.7 Å². The first-order valence-corrected chi connectivity index (χ1v) is 12.1. The summed E-state index contributed by atoms with van der Waals surface area (Å²) >= 11 is 0. The molecule has 1 N–H and O–H groups in total. The molecule has 31 heavy (non-hydrogen) atoms. The molecule has 0 aliphatic carbocycles. The van der Waals surface area contributed by atoms with Crippen LogP contribution in [-0.4, -0.2) is 33.4 Å². The lowest BCUT2D eigenvalue weighted by atomic mass is 9.97. The van der Waals surface area contributed by atoms with Gasteiger partial charge in [-0.15, -0.1) is 0 Å². The van der Waals surface area contributed by atoms with E-state index in [-0.39, 0.29) is 16.7 Å². The van der Waals surface area contributed by atoms with Crippen molar-refractivity contribution >= 4 is 33.3 Å². The Balaban J connectivity index is 1.55. The highest BCUT2D eigenvalue weighted by Gasteiger charge is 2.38. The molecule has 2 aromatic carbocycles. The number of esters is 1. The van der Waals surface area contributed by atoms with Gasteiger partial charge in [0.2, 0.25) is 5.91 Å². The topological polar surface area (TPSA) is 92.8 Å². The molecule has 1 atom stereocenters. The van der Waals surface area contributed by atoms with Crippen LogP contribution in [0.3, 0.4) is 0 Å². The second-order valence-corrected chi connectivity index (χ2v) is 9.69. The molecule has 8 heteroatoms. The van der Waals surface area contributed by atoms with Crippen molar-refractivity contribution < 1.29 is 22.7 Å². The number of nitrogens with zero attached hydrogens (tertiary/aromatic N) is 1. The number of hydrogen-bond acceptors (Lipinski definition) is 5. The van der Waals surface area contributed by atoms with Crippen molar-refractivity contribution in [1.82, 2.24) is 0 Å². The van der Waals surface area contributed by atoms with Crippen molar-refractivity contribution in [3.8, 4) is 0 Å². The molecule has 2 heterocycles. The van der Waals surface area contributed by atoms with Crippen molar-refractivity contribution in [1.29, 1.82) is 0 Å². The minimum absolute atomic E-state index is 0.0277. The van der Waals surface area contributed by atoms with E-state index >= 15 is 0 Å². The van der Waals surface area contributed by atoms with E-state index in [1.165, 1.54) is 12.1 Å². The minimum atomic E-state index is -3.85. The average molecular weight is 443 g/mol. The van der Waals surface area contributed by atoms with Crippen LogP contribution < -0.4 is 9.62 Å². The number of unbranched alkanes of at least 4 members (excludes halogenated alkanes) is 1. The highest BCUT2D eigenvalue weighted by Crippen LogP contribution is 2.44. The van der Waals surface area contributed by atoms with Crippen molar-refractivity contribution in [2.24, 2.45) is 0 Å². The second kappa shape index (κ2) is 8.34. The van der Waals surface area contributed by atoms with E-state index in [0.717, 1.165) is 42.5 Å². The molecule has 0 aromatic heterocycles. The maximum absolute atomic E-state index is 13.0. The quantitative estimate of drug-likeness (QED) is 0.519. The van der Waals surface area contributed by atoms with E-state index < -0.39 is 16.0 Å². The minimum Gasteiger partial charge on any atom is -0.462 e. The molecule has 2 aliphatic heterocycles. The van der Waals surface area contributed by atoms with Crippen LogP contribution in [-0.2, 0) is 26.0 Å². The molecule has 0 saturated heterocycles. The van der Waals surface area contributed by atoms with Gasteiger partial charge in [-0.2, -0.15) is 0 Å². The molecule has 0 fully saturated rings. The summed E-state index contributed by atoms with van der Waals surface area (Å²) in [6, 6.07) is 9.43. The van der Waals surface area contributed by atoms with Gasteiger partial charge in [-0.1, -0.05) is 13.3 Å². The normalized spacial score (nSPS) is 17.4. The fourth-order valence-corrected chi connectivity index (χ4v) is 5.25. The van der Waals surface area contributed by atoms with Crippen LogP contribution in [0.4, 0.5) is 11.4 Å². The Morgan fingerprint density at radius 3 is 2.68 bits per heavy atom. The molecule has 0 radical (unpaired) electrons. The third-order valence-corrected chi connectivity index (χ3v) is 7.17. The number of hydrogen-bond donors (Lipinski definition) is 1. The number of sulfonamides is 1.